The van der Waals surface area contributed by atoms with Gasteiger partial charge in [0.2, 0.25) is 0 Å². The molecule has 1 aromatic heterocycles. The molecule has 0 atom stereocenters. The molecule has 0 aromatic carbocycles. The first-order valence-electron chi connectivity index (χ1n) is 6.55. The quantitative estimate of drug-likeness (QED) is 0.899. The van der Waals surface area contributed by atoms with Gasteiger partial charge in [0, 0.05) is 20.1 Å². The number of rotatable bonds is 3. The second kappa shape index (κ2) is 5.42. The molecule has 1 fully saturated rings. The van der Waals surface area contributed by atoms with Gasteiger partial charge in [-0.2, -0.15) is 5.10 Å². The van der Waals surface area contributed by atoms with E-state index in [1.165, 1.54) is 17.3 Å². The van der Waals surface area contributed by atoms with Crippen molar-refractivity contribution in [3.05, 3.63) is 17.5 Å². The molecule has 2 rings (SSSR count). The van der Waals surface area contributed by atoms with Gasteiger partial charge in [-0.25, -0.2) is 4.79 Å². The first-order valence-corrected chi connectivity index (χ1v) is 6.55. The monoisotopic (exact) mass is 265 g/mol. The van der Waals surface area contributed by atoms with E-state index in [1.54, 1.807) is 19.0 Å². The highest BCUT2D eigenvalue weighted by Gasteiger charge is 2.28. The highest BCUT2D eigenvalue weighted by atomic mass is 16.4. The van der Waals surface area contributed by atoms with Crippen molar-refractivity contribution in [3.63, 3.8) is 0 Å². The SMILES string of the molecule is CN(C(=O)c1c(C(=O)O)cnn1C)C1CCCCC1. The van der Waals surface area contributed by atoms with Crippen molar-refractivity contribution in [2.75, 3.05) is 7.05 Å². The van der Waals surface area contributed by atoms with Crippen LogP contribution in [0.2, 0.25) is 0 Å². The molecule has 1 aliphatic carbocycles. The number of carbonyl (C=O) groups excluding carboxylic acids is 1. The van der Waals surface area contributed by atoms with E-state index in [9.17, 15) is 9.59 Å². The lowest BCUT2D eigenvalue weighted by molar-refractivity contribution is 0.0647. The van der Waals surface area contributed by atoms with E-state index in [1.807, 2.05) is 0 Å². The summed E-state index contributed by atoms with van der Waals surface area (Å²) in [4.78, 5) is 25.2. The fourth-order valence-corrected chi connectivity index (χ4v) is 2.65. The average Bonchev–Trinajstić information content (AvgIpc) is 2.80. The van der Waals surface area contributed by atoms with E-state index in [0.29, 0.717) is 0 Å². The maximum absolute atomic E-state index is 12.5. The highest BCUT2D eigenvalue weighted by Crippen LogP contribution is 2.23. The molecule has 0 bridgehead atoms. The summed E-state index contributed by atoms with van der Waals surface area (Å²) in [6.07, 6.45) is 6.67. The van der Waals surface area contributed by atoms with Crippen molar-refractivity contribution in [3.8, 4) is 0 Å². The van der Waals surface area contributed by atoms with E-state index in [-0.39, 0.29) is 23.2 Å². The van der Waals surface area contributed by atoms with Crippen LogP contribution in [0.15, 0.2) is 6.20 Å². The lowest BCUT2D eigenvalue weighted by Crippen LogP contribution is -2.39. The minimum Gasteiger partial charge on any atom is -0.478 e. The van der Waals surface area contributed by atoms with Gasteiger partial charge in [0.05, 0.1) is 6.20 Å². The number of carboxylic acids is 1. The Labute approximate surface area is 112 Å². The van der Waals surface area contributed by atoms with Crippen LogP contribution in [0.1, 0.15) is 53.0 Å². The smallest absolute Gasteiger partial charge is 0.339 e. The van der Waals surface area contributed by atoms with Crippen LogP contribution >= 0.6 is 0 Å². The molecular formula is C13H19N3O3. The van der Waals surface area contributed by atoms with Crippen LogP contribution in [-0.2, 0) is 7.05 Å². The second-order valence-corrected chi connectivity index (χ2v) is 5.04. The molecule has 1 heterocycles. The third-order valence-corrected chi connectivity index (χ3v) is 3.81. The summed E-state index contributed by atoms with van der Waals surface area (Å²) in [5.41, 5.74) is 0.121. The predicted octanol–water partition coefficient (Wildman–Crippen LogP) is 1.52. The molecule has 6 nitrogen and oxygen atoms in total. The summed E-state index contributed by atoms with van der Waals surface area (Å²) < 4.78 is 1.34. The number of aromatic nitrogens is 2. The molecule has 0 unspecified atom stereocenters. The number of carbonyl (C=O) groups is 2. The number of nitrogens with zero attached hydrogens (tertiary/aromatic N) is 3. The molecule has 1 N–H and O–H groups in total. The summed E-state index contributed by atoms with van der Waals surface area (Å²) in [7, 11) is 3.34. The van der Waals surface area contributed by atoms with Crippen LogP contribution in [0.3, 0.4) is 0 Å². The zero-order chi connectivity index (χ0) is 14.0. The molecule has 1 amide bonds. The summed E-state index contributed by atoms with van der Waals surface area (Å²) in [5, 5.41) is 13.0. The molecule has 6 heteroatoms. The predicted molar refractivity (Wildman–Crippen MR) is 69.1 cm³/mol. The molecule has 0 aliphatic heterocycles. The van der Waals surface area contributed by atoms with Crippen molar-refractivity contribution in [1.82, 2.24) is 14.7 Å². The number of hydrogen-bond acceptors (Lipinski definition) is 3. The summed E-state index contributed by atoms with van der Waals surface area (Å²) >= 11 is 0. The van der Waals surface area contributed by atoms with Crippen LogP contribution in [0.5, 0.6) is 0 Å². The Morgan fingerprint density at radius 1 is 1.37 bits per heavy atom. The van der Waals surface area contributed by atoms with Gasteiger partial charge in [0.15, 0.2) is 0 Å². The Morgan fingerprint density at radius 3 is 2.58 bits per heavy atom. The lowest BCUT2D eigenvalue weighted by atomic mass is 9.94. The van der Waals surface area contributed by atoms with Gasteiger partial charge in [0.1, 0.15) is 11.3 Å². The van der Waals surface area contributed by atoms with Crippen molar-refractivity contribution in [2.45, 2.75) is 38.1 Å². The largest absolute Gasteiger partial charge is 0.478 e. The molecule has 0 spiro atoms. The Morgan fingerprint density at radius 2 is 2.00 bits per heavy atom. The maximum atomic E-state index is 12.5. The molecule has 0 radical (unpaired) electrons. The standard InChI is InChI=1S/C13H19N3O3/c1-15(9-6-4-3-5-7-9)12(17)11-10(13(18)19)8-14-16(11)2/h8-9H,3-7H2,1-2H3,(H,18,19). The normalized spacial score (nSPS) is 16.3. The van der Waals surface area contributed by atoms with Crippen LogP contribution in [-0.4, -0.2) is 44.8 Å². The van der Waals surface area contributed by atoms with Crippen LogP contribution in [0.4, 0.5) is 0 Å². The number of aryl methyl sites for hydroxylation is 1. The van der Waals surface area contributed by atoms with E-state index < -0.39 is 5.97 Å². The van der Waals surface area contributed by atoms with E-state index in [4.69, 9.17) is 5.11 Å². The van der Waals surface area contributed by atoms with Gasteiger partial charge < -0.3 is 10.0 Å². The third-order valence-electron chi connectivity index (χ3n) is 3.81. The Hall–Kier alpha value is -1.85. The summed E-state index contributed by atoms with van der Waals surface area (Å²) in [5.74, 6) is -1.38. The zero-order valence-electron chi connectivity index (χ0n) is 11.3. The first-order chi connectivity index (χ1) is 9.02. The molecular weight excluding hydrogens is 246 g/mol. The van der Waals surface area contributed by atoms with Crippen molar-refractivity contribution in [1.29, 1.82) is 0 Å². The molecule has 0 saturated heterocycles. The van der Waals surface area contributed by atoms with Gasteiger partial charge in [-0.05, 0) is 12.8 Å². The number of aromatic carboxylic acids is 1. The minimum absolute atomic E-state index is 0.0323. The molecule has 104 valence electrons. The average molecular weight is 265 g/mol. The zero-order valence-corrected chi connectivity index (χ0v) is 11.3. The topological polar surface area (TPSA) is 75.4 Å². The van der Waals surface area contributed by atoms with Crippen LogP contribution < -0.4 is 0 Å². The van der Waals surface area contributed by atoms with Crippen molar-refractivity contribution >= 4 is 11.9 Å². The summed E-state index contributed by atoms with van der Waals surface area (Å²) in [6, 6.07) is 0.206. The molecule has 19 heavy (non-hydrogen) atoms. The van der Waals surface area contributed by atoms with Gasteiger partial charge in [-0.3, -0.25) is 9.48 Å². The van der Waals surface area contributed by atoms with E-state index in [2.05, 4.69) is 5.10 Å². The summed E-state index contributed by atoms with van der Waals surface area (Å²) in [6.45, 7) is 0. The Kier molecular flexibility index (Phi) is 3.87. The van der Waals surface area contributed by atoms with Gasteiger partial charge in [-0.1, -0.05) is 19.3 Å². The Bertz CT molecular complexity index is 489. The number of amides is 1. The van der Waals surface area contributed by atoms with Gasteiger partial charge >= 0.3 is 5.97 Å². The lowest BCUT2D eigenvalue weighted by Gasteiger charge is -2.31. The molecule has 1 aromatic rings. The van der Waals surface area contributed by atoms with E-state index >= 15 is 0 Å². The Balaban J connectivity index is 2.23. The third kappa shape index (κ3) is 2.62. The van der Waals surface area contributed by atoms with E-state index in [0.717, 1.165) is 25.7 Å². The molecule has 1 saturated carbocycles. The highest BCUT2D eigenvalue weighted by molar-refractivity contribution is 6.03. The van der Waals surface area contributed by atoms with Crippen LogP contribution in [0, 0.1) is 0 Å². The fourth-order valence-electron chi connectivity index (χ4n) is 2.65. The van der Waals surface area contributed by atoms with Crippen LogP contribution in [0.25, 0.3) is 0 Å². The van der Waals surface area contributed by atoms with Crippen molar-refractivity contribution < 1.29 is 14.7 Å². The fraction of sp³-hybridized carbons (Fsp3) is 0.615. The maximum Gasteiger partial charge on any atom is 0.339 e. The number of carboxylic acid groups (broad SMARTS) is 1. The second-order valence-electron chi connectivity index (χ2n) is 5.04. The molecule has 1 aliphatic rings. The first kappa shape index (κ1) is 13.6. The number of hydrogen-bond donors (Lipinski definition) is 1. The van der Waals surface area contributed by atoms with Gasteiger partial charge in [-0.15, -0.1) is 0 Å². The van der Waals surface area contributed by atoms with Crippen molar-refractivity contribution in [2.24, 2.45) is 7.05 Å². The minimum atomic E-state index is -1.12. The van der Waals surface area contributed by atoms with Gasteiger partial charge in [0.25, 0.3) is 5.91 Å².